The van der Waals surface area contributed by atoms with Gasteiger partial charge in [-0.05, 0) is 44.5 Å². The monoisotopic (exact) mass is 312 g/mol. The van der Waals surface area contributed by atoms with Gasteiger partial charge in [0.25, 0.3) is 5.91 Å². The molecule has 0 saturated heterocycles. The average Bonchev–Trinajstić information content (AvgIpc) is 2.46. The standard InChI is InChI=1S/C15H24N2O3S/c1-5-7-12(3)16-15(18)13-8-10-14(11-9-13)17(4)21(19,20)6-2/h8-12H,5-7H2,1-4H3,(H,16,18). The third-order valence-corrected chi connectivity index (χ3v) is 5.15. The third-order valence-electron chi connectivity index (χ3n) is 3.37. The van der Waals surface area contributed by atoms with Crippen LogP contribution in [-0.4, -0.2) is 33.2 Å². The summed E-state index contributed by atoms with van der Waals surface area (Å²) in [7, 11) is -1.77. The zero-order valence-electron chi connectivity index (χ0n) is 13.1. The van der Waals surface area contributed by atoms with Gasteiger partial charge in [0, 0.05) is 18.7 Å². The second kappa shape index (κ2) is 7.45. The van der Waals surface area contributed by atoms with Crippen molar-refractivity contribution in [3.8, 4) is 0 Å². The number of rotatable bonds is 7. The van der Waals surface area contributed by atoms with Crippen molar-refractivity contribution in [2.24, 2.45) is 0 Å². The lowest BCUT2D eigenvalue weighted by molar-refractivity contribution is 0.0938. The lowest BCUT2D eigenvalue weighted by Crippen LogP contribution is -2.32. The molecule has 1 aromatic rings. The molecule has 0 bridgehead atoms. The number of nitrogens with one attached hydrogen (secondary N) is 1. The predicted octanol–water partition coefficient (Wildman–Crippen LogP) is 2.39. The predicted molar refractivity (Wildman–Crippen MR) is 86.1 cm³/mol. The average molecular weight is 312 g/mol. The fraction of sp³-hybridized carbons (Fsp3) is 0.533. The quantitative estimate of drug-likeness (QED) is 0.840. The molecule has 1 aromatic carbocycles. The van der Waals surface area contributed by atoms with Crippen LogP contribution in [0.2, 0.25) is 0 Å². The second-order valence-corrected chi connectivity index (χ2v) is 7.37. The van der Waals surface area contributed by atoms with Crippen LogP contribution in [0.4, 0.5) is 5.69 Å². The summed E-state index contributed by atoms with van der Waals surface area (Å²) in [6.45, 7) is 5.64. The Hall–Kier alpha value is -1.56. The van der Waals surface area contributed by atoms with E-state index in [-0.39, 0.29) is 17.7 Å². The van der Waals surface area contributed by atoms with E-state index < -0.39 is 10.0 Å². The number of hydrogen-bond acceptors (Lipinski definition) is 3. The molecule has 0 saturated carbocycles. The Labute approximate surface area is 127 Å². The first-order valence-electron chi connectivity index (χ1n) is 7.19. The summed E-state index contributed by atoms with van der Waals surface area (Å²) in [6.07, 6.45) is 1.95. The maximum atomic E-state index is 12.0. The Balaban J connectivity index is 2.81. The van der Waals surface area contributed by atoms with Crippen LogP contribution in [0.15, 0.2) is 24.3 Å². The molecule has 1 N–H and O–H groups in total. The van der Waals surface area contributed by atoms with Gasteiger partial charge >= 0.3 is 0 Å². The summed E-state index contributed by atoms with van der Waals surface area (Å²) in [6, 6.07) is 6.71. The largest absolute Gasteiger partial charge is 0.350 e. The van der Waals surface area contributed by atoms with Crippen molar-refractivity contribution in [1.82, 2.24) is 5.32 Å². The first kappa shape index (κ1) is 17.5. The SMILES string of the molecule is CCCC(C)NC(=O)c1ccc(N(C)S(=O)(=O)CC)cc1. The van der Waals surface area contributed by atoms with Gasteiger partial charge in [0.2, 0.25) is 10.0 Å². The number of anilines is 1. The normalized spacial score (nSPS) is 12.8. The van der Waals surface area contributed by atoms with E-state index in [2.05, 4.69) is 12.2 Å². The van der Waals surface area contributed by atoms with Crippen LogP contribution >= 0.6 is 0 Å². The molecule has 21 heavy (non-hydrogen) atoms. The van der Waals surface area contributed by atoms with Crippen molar-refractivity contribution in [3.63, 3.8) is 0 Å². The highest BCUT2D eigenvalue weighted by molar-refractivity contribution is 7.92. The number of nitrogens with zero attached hydrogens (tertiary/aromatic N) is 1. The molecule has 0 aromatic heterocycles. The smallest absolute Gasteiger partial charge is 0.251 e. The zero-order valence-corrected chi connectivity index (χ0v) is 13.9. The fourth-order valence-electron chi connectivity index (χ4n) is 1.99. The zero-order chi connectivity index (χ0) is 16.0. The topological polar surface area (TPSA) is 66.5 Å². The molecular weight excluding hydrogens is 288 g/mol. The molecule has 0 fully saturated rings. The van der Waals surface area contributed by atoms with Gasteiger partial charge < -0.3 is 5.32 Å². The van der Waals surface area contributed by atoms with Crippen LogP contribution < -0.4 is 9.62 Å². The maximum Gasteiger partial charge on any atom is 0.251 e. The highest BCUT2D eigenvalue weighted by Crippen LogP contribution is 2.17. The van der Waals surface area contributed by atoms with Gasteiger partial charge in [-0.15, -0.1) is 0 Å². The molecule has 118 valence electrons. The maximum absolute atomic E-state index is 12.0. The molecule has 5 nitrogen and oxygen atoms in total. The molecule has 1 amide bonds. The summed E-state index contributed by atoms with van der Waals surface area (Å²) in [5.41, 5.74) is 1.08. The van der Waals surface area contributed by atoms with Gasteiger partial charge in [-0.3, -0.25) is 9.10 Å². The van der Waals surface area contributed by atoms with E-state index in [1.165, 1.54) is 11.4 Å². The van der Waals surface area contributed by atoms with Crippen molar-refractivity contribution in [1.29, 1.82) is 0 Å². The van der Waals surface area contributed by atoms with Crippen molar-refractivity contribution < 1.29 is 13.2 Å². The molecule has 0 aliphatic heterocycles. The molecule has 0 aliphatic rings. The van der Waals surface area contributed by atoms with Crippen LogP contribution in [0.3, 0.4) is 0 Å². The Bertz CT molecular complexity index is 567. The van der Waals surface area contributed by atoms with Gasteiger partial charge in [0.15, 0.2) is 0 Å². The van der Waals surface area contributed by atoms with E-state index in [9.17, 15) is 13.2 Å². The first-order valence-corrected chi connectivity index (χ1v) is 8.80. The Morgan fingerprint density at radius 2 is 1.81 bits per heavy atom. The summed E-state index contributed by atoms with van der Waals surface area (Å²) >= 11 is 0. The first-order chi connectivity index (χ1) is 9.81. The summed E-state index contributed by atoms with van der Waals surface area (Å²) < 4.78 is 24.8. The number of sulfonamides is 1. The number of benzene rings is 1. The minimum absolute atomic E-state index is 0.0419. The summed E-state index contributed by atoms with van der Waals surface area (Å²) in [5.74, 6) is -0.0937. The van der Waals surface area contributed by atoms with Gasteiger partial charge in [-0.1, -0.05) is 13.3 Å². The van der Waals surface area contributed by atoms with Crippen LogP contribution in [0.1, 0.15) is 44.0 Å². The Morgan fingerprint density at radius 1 is 1.24 bits per heavy atom. The van der Waals surface area contributed by atoms with Gasteiger partial charge in [0.05, 0.1) is 11.4 Å². The van der Waals surface area contributed by atoms with Crippen LogP contribution in [0.25, 0.3) is 0 Å². The molecule has 0 radical (unpaired) electrons. The van der Waals surface area contributed by atoms with Crippen molar-refractivity contribution in [2.75, 3.05) is 17.1 Å². The second-order valence-electron chi connectivity index (χ2n) is 5.08. The van der Waals surface area contributed by atoms with E-state index in [0.717, 1.165) is 12.8 Å². The summed E-state index contributed by atoms with van der Waals surface area (Å²) in [4.78, 5) is 12.0. The molecule has 1 rings (SSSR count). The highest BCUT2D eigenvalue weighted by atomic mass is 32.2. The molecule has 1 atom stereocenters. The molecule has 6 heteroatoms. The van der Waals surface area contributed by atoms with E-state index in [0.29, 0.717) is 11.3 Å². The van der Waals surface area contributed by atoms with Crippen LogP contribution in [0, 0.1) is 0 Å². The number of amides is 1. The lowest BCUT2D eigenvalue weighted by atomic mass is 10.1. The minimum Gasteiger partial charge on any atom is -0.350 e. The molecule has 0 heterocycles. The van der Waals surface area contributed by atoms with E-state index in [1.54, 1.807) is 31.2 Å². The van der Waals surface area contributed by atoms with Gasteiger partial charge in [0.1, 0.15) is 0 Å². The van der Waals surface area contributed by atoms with E-state index in [1.807, 2.05) is 6.92 Å². The van der Waals surface area contributed by atoms with E-state index >= 15 is 0 Å². The molecule has 0 spiro atoms. The van der Waals surface area contributed by atoms with Crippen molar-refractivity contribution in [3.05, 3.63) is 29.8 Å². The molecule has 1 unspecified atom stereocenters. The van der Waals surface area contributed by atoms with Crippen molar-refractivity contribution >= 4 is 21.6 Å². The van der Waals surface area contributed by atoms with Gasteiger partial charge in [-0.25, -0.2) is 8.42 Å². The molecular formula is C15H24N2O3S. The highest BCUT2D eigenvalue weighted by Gasteiger charge is 2.16. The summed E-state index contributed by atoms with van der Waals surface area (Å²) in [5, 5.41) is 2.92. The number of carbonyl (C=O) groups excluding carboxylic acids is 1. The molecule has 0 aliphatic carbocycles. The Kier molecular flexibility index (Phi) is 6.20. The lowest BCUT2D eigenvalue weighted by Gasteiger charge is -2.19. The van der Waals surface area contributed by atoms with Crippen molar-refractivity contribution in [2.45, 2.75) is 39.7 Å². The van der Waals surface area contributed by atoms with E-state index in [4.69, 9.17) is 0 Å². The number of carbonyl (C=O) groups is 1. The minimum atomic E-state index is -3.28. The van der Waals surface area contributed by atoms with Crippen LogP contribution in [0.5, 0.6) is 0 Å². The Morgan fingerprint density at radius 3 is 2.29 bits per heavy atom. The number of hydrogen-bond donors (Lipinski definition) is 1. The van der Waals surface area contributed by atoms with Gasteiger partial charge in [-0.2, -0.15) is 0 Å². The van der Waals surface area contributed by atoms with Crippen LogP contribution in [-0.2, 0) is 10.0 Å². The fourth-order valence-corrected chi connectivity index (χ4v) is 2.82. The third kappa shape index (κ3) is 4.74.